The second kappa shape index (κ2) is 4.83. The van der Waals surface area contributed by atoms with Crippen LogP contribution in [0.5, 0.6) is 0 Å². The summed E-state index contributed by atoms with van der Waals surface area (Å²) in [5, 5.41) is 11.5. The molecule has 0 saturated heterocycles. The Balaban J connectivity index is 1.74. The normalized spacial score (nSPS) is 16.3. The van der Waals surface area contributed by atoms with Crippen molar-refractivity contribution in [3.8, 4) is 11.3 Å². The van der Waals surface area contributed by atoms with Crippen LogP contribution in [0, 0.1) is 0 Å². The van der Waals surface area contributed by atoms with E-state index in [1.54, 1.807) is 0 Å². The topological polar surface area (TPSA) is 73.6 Å². The Bertz CT molecular complexity index is 1060. The van der Waals surface area contributed by atoms with Crippen LogP contribution in [0.4, 0.5) is 0 Å². The van der Waals surface area contributed by atoms with Crippen molar-refractivity contribution in [1.29, 1.82) is 0 Å². The minimum absolute atomic E-state index is 0.117. The Labute approximate surface area is 137 Å². The molecule has 3 heterocycles. The summed E-state index contributed by atoms with van der Waals surface area (Å²) in [6.45, 7) is 0. The zero-order valence-corrected chi connectivity index (χ0v) is 12.7. The van der Waals surface area contributed by atoms with E-state index in [0.29, 0.717) is 5.69 Å². The zero-order chi connectivity index (χ0) is 16.1. The van der Waals surface area contributed by atoms with Crippen LogP contribution in [0.25, 0.3) is 22.2 Å². The number of benzene rings is 2. The first-order valence-electron chi connectivity index (χ1n) is 7.83. The lowest BCUT2D eigenvalue weighted by Gasteiger charge is -2.14. The predicted molar refractivity (Wildman–Crippen MR) is 91.6 cm³/mol. The van der Waals surface area contributed by atoms with Gasteiger partial charge in [-0.25, -0.2) is 0 Å². The lowest BCUT2D eigenvalue weighted by atomic mass is 9.95. The Hall–Kier alpha value is -3.34. The van der Waals surface area contributed by atoms with E-state index in [1.165, 1.54) is 0 Å². The summed E-state index contributed by atoms with van der Waals surface area (Å²) in [5.41, 5.74) is 5.35. The average molecular weight is 314 g/mol. The molecular formula is C19H14N4O. The second-order valence-electron chi connectivity index (χ2n) is 5.92. The van der Waals surface area contributed by atoms with Gasteiger partial charge < -0.3 is 10.3 Å². The molecule has 1 unspecified atom stereocenters. The maximum absolute atomic E-state index is 12.4. The molecule has 0 spiro atoms. The summed E-state index contributed by atoms with van der Waals surface area (Å²) < 4.78 is 0. The van der Waals surface area contributed by atoms with Crippen LogP contribution in [0.2, 0.25) is 0 Å². The van der Waals surface area contributed by atoms with Crippen molar-refractivity contribution in [2.75, 3.05) is 0 Å². The van der Waals surface area contributed by atoms with Crippen LogP contribution in [0.1, 0.15) is 27.7 Å². The highest BCUT2D eigenvalue weighted by Gasteiger charge is 2.36. The Kier molecular flexibility index (Phi) is 2.64. The van der Waals surface area contributed by atoms with Crippen molar-refractivity contribution in [3.63, 3.8) is 0 Å². The Morgan fingerprint density at radius 1 is 0.958 bits per heavy atom. The largest absolute Gasteiger partial charge is 0.361 e. The molecule has 24 heavy (non-hydrogen) atoms. The van der Waals surface area contributed by atoms with Gasteiger partial charge in [-0.3, -0.25) is 9.89 Å². The van der Waals surface area contributed by atoms with Crippen LogP contribution >= 0.6 is 0 Å². The fourth-order valence-electron chi connectivity index (χ4n) is 3.48. The number of hydrogen-bond acceptors (Lipinski definition) is 2. The van der Waals surface area contributed by atoms with Gasteiger partial charge in [0.15, 0.2) is 0 Å². The number of amides is 1. The van der Waals surface area contributed by atoms with Crippen molar-refractivity contribution in [1.82, 2.24) is 20.5 Å². The first-order chi connectivity index (χ1) is 11.8. The Morgan fingerprint density at radius 3 is 2.71 bits per heavy atom. The molecule has 2 aromatic heterocycles. The minimum Gasteiger partial charge on any atom is -0.361 e. The summed E-state index contributed by atoms with van der Waals surface area (Å²) in [7, 11) is 0. The van der Waals surface area contributed by atoms with Crippen molar-refractivity contribution < 1.29 is 4.79 Å². The smallest absolute Gasteiger partial charge is 0.270 e. The standard InChI is InChI=1S/C19H14N4O/c24-19-18-14(16(22-23-18)11-5-2-1-3-6-11)17(21-19)13-8-4-7-12-9-10-20-15(12)13/h1-10,17,20H,(H,21,24)(H,22,23). The summed E-state index contributed by atoms with van der Waals surface area (Å²) in [4.78, 5) is 15.7. The van der Waals surface area contributed by atoms with Gasteiger partial charge in [-0.2, -0.15) is 5.10 Å². The molecule has 4 aromatic rings. The third-order valence-corrected chi connectivity index (χ3v) is 4.57. The number of para-hydroxylation sites is 1. The lowest BCUT2D eigenvalue weighted by molar-refractivity contribution is 0.0955. The molecule has 5 nitrogen and oxygen atoms in total. The maximum Gasteiger partial charge on any atom is 0.270 e. The number of fused-ring (bicyclic) bond motifs is 2. The van der Waals surface area contributed by atoms with Gasteiger partial charge >= 0.3 is 0 Å². The predicted octanol–water partition coefficient (Wildman–Crippen LogP) is 3.39. The first-order valence-corrected chi connectivity index (χ1v) is 7.83. The number of nitrogens with zero attached hydrogens (tertiary/aromatic N) is 1. The van der Waals surface area contributed by atoms with Crippen molar-refractivity contribution >= 4 is 16.8 Å². The second-order valence-corrected chi connectivity index (χ2v) is 5.92. The van der Waals surface area contributed by atoms with Gasteiger partial charge in [0, 0.05) is 22.9 Å². The number of rotatable bonds is 2. The highest BCUT2D eigenvalue weighted by atomic mass is 16.2. The number of aromatic amines is 2. The molecule has 1 aliphatic rings. The third kappa shape index (κ3) is 1.75. The molecule has 1 amide bonds. The van der Waals surface area contributed by atoms with Crippen LogP contribution in [-0.4, -0.2) is 21.1 Å². The number of aromatic nitrogens is 3. The quantitative estimate of drug-likeness (QED) is 0.530. The molecule has 2 aromatic carbocycles. The molecule has 1 atom stereocenters. The maximum atomic E-state index is 12.4. The minimum atomic E-state index is -0.219. The van der Waals surface area contributed by atoms with E-state index in [0.717, 1.165) is 33.3 Å². The molecule has 0 radical (unpaired) electrons. The highest BCUT2D eigenvalue weighted by molar-refractivity contribution is 6.01. The summed E-state index contributed by atoms with van der Waals surface area (Å²) in [6.07, 6.45) is 1.92. The van der Waals surface area contributed by atoms with E-state index in [2.05, 4.69) is 26.6 Å². The summed E-state index contributed by atoms with van der Waals surface area (Å²) >= 11 is 0. The van der Waals surface area contributed by atoms with Crippen molar-refractivity contribution in [3.05, 3.63) is 77.6 Å². The lowest BCUT2D eigenvalue weighted by Crippen LogP contribution is -2.21. The fourth-order valence-corrected chi connectivity index (χ4v) is 3.48. The molecule has 1 aliphatic heterocycles. The third-order valence-electron chi connectivity index (χ3n) is 4.57. The van der Waals surface area contributed by atoms with Gasteiger partial charge in [0.1, 0.15) is 5.69 Å². The zero-order valence-electron chi connectivity index (χ0n) is 12.7. The van der Waals surface area contributed by atoms with Gasteiger partial charge in [0.05, 0.1) is 17.3 Å². The van der Waals surface area contributed by atoms with Gasteiger partial charge in [-0.05, 0) is 11.5 Å². The molecule has 0 fully saturated rings. The monoisotopic (exact) mass is 314 g/mol. The molecule has 5 heteroatoms. The van der Waals surface area contributed by atoms with Gasteiger partial charge in [0.25, 0.3) is 5.91 Å². The highest BCUT2D eigenvalue weighted by Crippen LogP contribution is 2.38. The molecule has 0 bridgehead atoms. The van der Waals surface area contributed by atoms with E-state index in [9.17, 15) is 4.79 Å². The van der Waals surface area contributed by atoms with Gasteiger partial charge in [-0.15, -0.1) is 0 Å². The number of hydrogen-bond donors (Lipinski definition) is 3. The first kappa shape index (κ1) is 13.1. The van der Waals surface area contributed by atoms with Crippen LogP contribution < -0.4 is 5.32 Å². The number of nitrogens with one attached hydrogen (secondary N) is 3. The fraction of sp³-hybridized carbons (Fsp3) is 0.0526. The van der Waals surface area contributed by atoms with Crippen molar-refractivity contribution in [2.45, 2.75) is 6.04 Å². The number of carbonyl (C=O) groups is 1. The number of H-pyrrole nitrogens is 2. The average Bonchev–Trinajstić information content (AvgIpc) is 3.32. The molecular weight excluding hydrogens is 300 g/mol. The van der Waals surface area contributed by atoms with E-state index in [-0.39, 0.29) is 11.9 Å². The summed E-state index contributed by atoms with van der Waals surface area (Å²) in [6, 6.07) is 17.9. The SMILES string of the molecule is O=C1NC(c2cccc3cc[nH]c23)c2c(-c3ccccc3)n[nH]c21. The van der Waals surface area contributed by atoms with E-state index >= 15 is 0 Å². The van der Waals surface area contributed by atoms with Gasteiger partial charge in [-0.1, -0.05) is 48.5 Å². The molecule has 3 N–H and O–H groups in total. The van der Waals surface area contributed by atoms with Crippen LogP contribution in [-0.2, 0) is 0 Å². The molecule has 116 valence electrons. The summed E-state index contributed by atoms with van der Waals surface area (Å²) in [5.74, 6) is -0.117. The van der Waals surface area contributed by atoms with Crippen molar-refractivity contribution in [2.24, 2.45) is 0 Å². The van der Waals surface area contributed by atoms with E-state index < -0.39 is 0 Å². The van der Waals surface area contributed by atoms with Crippen LogP contribution in [0.3, 0.4) is 0 Å². The molecule has 5 rings (SSSR count). The molecule has 0 saturated carbocycles. The van der Waals surface area contributed by atoms with E-state index in [4.69, 9.17) is 0 Å². The Morgan fingerprint density at radius 2 is 1.83 bits per heavy atom. The van der Waals surface area contributed by atoms with E-state index in [1.807, 2.05) is 54.7 Å². The van der Waals surface area contributed by atoms with Crippen LogP contribution in [0.15, 0.2) is 60.8 Å². The molecule has 0 aliphatic carbocycles. The van der Waals surface area contributed by atoms with Gasteiger partial charge in [0.2, 0.25) is 0 Å². The number of carbonyl (C=O) groups excluding carboxylic acids is 1.